The second-order valence-electron chi connectivity index (χ2n) is 3.64. The molecule has 0 aliphatic carbocycles. The van der Waals surface area contributed by atoms with E-state index in [9.17, 15) is 9.59 Å². The molecule has 2 rings (SSSR count). The van der Waals surface area contributed by atoms with Crippen LogP contribution in [0.2, 0.25) is 0 Å². The molecule has 0 saturated carbocycles. The summed E-state index contributed by atoms with van der Waals surface area (Å²) in [6.45, 7) is 3.40. The summed E-state index contributed by atoms with van der Waals surface area (Å²) in [6, 6.07) is 5.73. The Morgan fingerprint density at radius 3 is 2.73 bits per heavy atom. The lowest BCUT2D eigenvalue weighted by Crippen LogP contribution is -1.96. The molecule has 0 aliphatic rings. The molecule has 0 amide bonds. The third-order valence-corrected chi connectivity index (χ3v) is 2.46. The molecule has 1 N–H and O–H groups in total. The van der Waals surface area contributed by atoms with Gasteiger partial charge in [-0.25, -0.2) is 0 Å². The molecule has 0 unspecified atom stereocenters. The van der Waals surface area contributed by atoms with Gasteiger partial charge in [0.15, 0.2) is 12.1 Å². The predicted molar refractivity (Wildman–Crippen MR) is 58.4 cm³/mol. The summed E-state index contributed by atoms with van der Waals surface area (Å²) in [5.74, 6) is -0.119. The van der Waals surface area contributed by atoms with Crippen LogP contribution in [0.25, 0.3) is 10.9 Å². The van der Waals surface area contributed by atoms with Gasteiger partial charge in [0.2, 0.25) is 0 Å². The Bertz CT molecular complexity index is 552. The van der Waals surface area contributed by atoms with E-state index in [1.807, 2.05) is 25.1 Å². The van der Waals surface area contributed by atoms with Crippen molar-refractivity contribution in [1.29, 1.82) is 0 Å². The zero-order valence-electron chi connectivity index (χ0n) is 8.63. The number of carbonyl (C=O) groups excluding carboxylic acids is 2. The van der Waals surface area contributed by atoms with E-state index in [4.69, 9.17) is 0 Å². The first kappa shape index (κ1) is 9.65. The van der Waals surface area contributed by atoms with Crippen LogP contribution in [-0.4, -0.2) is 17.1 Å². The minimum atomic E-state index is -0.119. The van der Waals surface area contributed by atoms with Crippen LogP contribution in [0.15, 0.2) is 18.2 Å². The van der Waals surface area contributed by atoms with Gasteiger partial charge in [0.05, 0.1) is 11.3 Å². The highest BCUT2D eigenvalue weighted by atomic mass is 16.1. The van der Waals surface area contributed by atoms with Crippen molar-refractivity contribution < 1.29 is 9.59 Å². The molecular formula is C12H11NO2. The van der Waals surface area contributed by atoms with Crippen LogP contribution < -0.4 is 0 Å². The fourth-order valence-electron chi connectivity index (χ4n) is 1.73. The number of aldehydes is 1. The van der Waals surface area contributed by atoms with Gasteiger partial charge >= 0.3 is 0 Å². The second kappa shape index (κ2) is 3.35. The normalized spacial score (nSPS) is 10.5. The first-order valence-corrected chi connectivity index (χ1v) is 4.72. The number of H-pyrrole nitrogens is 1. The van der Waals surface area contributed by atoms with Crippen LogP contribution in [-0.2, 0) is 0 Å². The second-order valence-corrected chi connectivity index (χ2v) is 3.64. The van der Waals surface area contributed by atoms with Crippen molar-refractivity contribution in [3.05, 3.63) is 35.0 Å². The van der Waals surface area contributed by atoms with Gasteiger partial charge in [0.25, 0.3) is 0 Å². The average molecular weight is 201 g/mol. The lowest BCUT2D eigenvalue weighted by molar-refractivity contribution is 0.100. The number of carbonyl (C=O) groups is 2. The number of ketones is 1. The number of aryl methyl sites for hydroxylation is 1. The molecule has 0 aliphatic heterocycles. The van der Waals surface area contributed by atoms with E-state index >= 15 is 0 Å². The molecule has 1 aromatic heterocycles. The fraction of sp³-hybridized carbons (Fsp3) is 0.167. The van der Waals surface area contributed by atoms with Gasteiger partial charge in [0, 0.05) is 17.8 Å². The maximum absolute atomic E-state index is 11.3. The number of nitrogens with one attached hydrogen (secondary N) is 1. The molecule has 15 heavy (non-hydrogen) atoms. The maximum atomic E-state index is 11.3. The number of fused-ring (bicyclic) bond motifs is 1. The Morgan fingerprint density at radius 2 is 2.13 bits per heavy atom. The number of aromatic nitrogens is 1. The smallest absolute Gasteiger partial charge is 0.176 e. The summed E-state index contributed by atoms with van der Waals surface area (Å²) in [4.78, 5) is 25.2. The Balaban J connectivity index is 2.85. The Morgan fingerprint density at radius 1 is 1.40 bits per heavy atom. The Labute approximate surface area is 87.1 Å². The van der Waals surface area contributed by atoms with E-state index in [1.165, 1.54) is 6.92 Å². The van der Waals surface area contributed by atoms with Gasteiger partial charge in [-0.05, 0) is 19.1 Å². The molecule has 0 atom stereocenters. The molecule has 3 nitrogen and oxygen atoms in total. The summed E-state index contributed by atoms with van der Waals surface area (Å²) in [5, 5.41) is 0.815. The largest absolute Gasteiger partial charge is 0.352 e. The van der Waals surface area contributed by atoms with Crippen LogP contribution in [0.3, 0.4) is 0 Å². The lowest BCUT2D eigenvalue weighted by atomic mass is 10.1. The van der Waals surface area contributed by atoms with E-state index in [0.29, 0.717) is 11.3 Å². The standard InChI is InChI=1S/C12H11NO2/c1-7-3-4-11-9(5-7)10(6-14)12(13-11)8(2)15/h3-6,13H,1-2H3. The number of rotatable bonds is 2. The third kappa shape index (κ3) is 1.46. The van der Waals surface area contributed by atoms with Gasteiger partial charge in [0.1, 0.15) is 0 Å². The van der Waals surface area contributed by atoms with E-state index in [2.05, 4.69) is 4.98 Å². The van der Waals surface area contributed by atoms with Crippen LogP contribution in [0.1, 0.15) is 33.3 Å². The third-order valence-electron chi connectivity index (χ3n) is 2.46. The van der Waals surface area contributed by atoms with Crippen molar-refractivity contribution in [2.75, 3.05) is 0 Å². The van der Waals surface area contributed by atoms with Crippen molar-refractivity contribution in [3.8, 4) is 0 Å². The van der Waals surface area contributed by atoms with Crippen molar-refractivity contribution >= 4 is 23.0 Å². The summed E-state index contributed by atoms with van der Waals surface area (Å²) in [5.41, 5.74) is 2.75. The molecule has 0 fully saturated rings. The van der Waals surface area contributed by atoms with Gasteiger partial charge in [-0.2, -0.15) is 0 Å². The monoisotopic (exact) mass is 201 g/mol. The summed E-state index contributed by atoms with van der Waals surface area (Å²) >= 11 is 0. The first-order valence-electron chi connectivity index (χ1n) is 4.72. The quantitative estimate of drug-likeness (QED) is 0.599. The van der Waals surface area contributed by atoms with Gasteiger partial charge in [-0.1, -0.05) is 11.6 Å². The predicted octanol–water partition coefficient (Wildman–Crippen LogP) is 2.49. The summed E-state index contributed by atoms with van der Waals surface area (Å²) in [7, 11) is 0. The first-order chi connectivity index (χ1) is 7.13. The highest BCUT2D eigenvalue weighted by Gasteiger charge is 2.13. The van der Waals surface area contributed by atoms with Crippen LogP contribution in [0.4, 0.5) is 0 Å². The zero-order valence-corrected chi connectivity index (χ0v) is 8.63. The van der Waals surface area contributed by atoms with Crippen molar-refractivity contribution in [2.24, 2.45) is 0 Å². The zero-order chi connectivity index (χ0) is 11.0. The van der Waals surface area contributed by atoms with E-state index in [-0.39, 0.29) is 5.78 Å². The maximum Gasteiger partial charge on any atom is 0.176 e. The summed E-state index contributed by atoms with van der Waals surface area (Å²) < 4.78 is 0. The SMILES string of the molecule is CC(=O)c1[nH]c2ccc(C)cc2c1C=O. The fourth-order valence-corrected chi connectivity index (χ4v) is 1.73. The van der Waals surface area contributed by atoms with Crippen LogP contribution in [0.5, 0.6) is 0 Å². The van der Waals surface area contributed by atoms with Crippen molar-refractivity contribution in [2.45, 2.75) is 13.8 Å². The molecule has 0 saturated heterocycles. The van der Waals surface area contributed by atoms with Gasteiger partial charge < -0.3 is 4.98 Å². The Hall–Kier alpha value is -1.90. The Kier molecular flexibility index (Phi) is 2.15. The molecule has 0 spiro atoms. The topological polar surface area (TPSA) is 49.9 Å². The molecule has 1 aromatic carbocycles. The van der Waals surface area contributed by atoms with Crippen LogP contribution >= 0.6 is 0 Å². The van der Waals surface area contributed by atoms with E-state index < -0.39 is 0 Å². The molecule has 3 heteroatoms. The number of hydrogen-bond acceptors (Lipinski definition) is 2. The minimum absolute atomic E-state index is 0.119. The molecule has 0 bridgehead atoms. The highest BCUT2D eigenvalue weighted by Crippen LogP contribution is 2.22. The minimum Gasteiger partial charge on any atom is -0.352 e. The molecule has 76 valence electrons. The number of hydrogen-bond donors (Lipinski definition) is 1. The van der Waals surface area contributed by atoms with Gasteiger partial charge in [-0.3, -0.25) is 9.59 Å². The number of aromatic amines is 1. The van der Waals surface area contributed by atoms with Crippen molar-refractivity contribution in [1.82, 2.24) is 4.98 Å². The molecular weight excluding hydrogens is 190 g/mol. The van der Waals surface area contributed by atoms with E-state index in [1.54, 1.807) is 0 Å². The molecule has 2 aromatic rings. The molecule has 0 radical (unpaired) electrons. The summed E-state index contributed by atoms with van der Waals surface area (Å²) in [6.07, 6.45) is 0.731. The van der Waals surface area contributed by atoms with Gasteiger partial charge in [-0.15, -0.1) is 0 Å². The van der Waals surface area contributed by atoms with E-state index in [0.717, 1.165) is 22.8 Å². The highest BCUT2D eigenvalue weighted by molar-refractivity contribution is 6.09. The van der Waals surface area contributed by atoms with Crippen molar-refractivity contribution in [3.63, 3.8) is 0 Å². The lowest BCUT2D eigenvalue weighted by Gasteiger charge is -1.93. The van der Waals surface area contributed by atoms with Crippen LogP contribution in [0, 0.1) is 6.92 Å². The molecule has 1 heterocycles. The number of Topliss-reactive ketones (excluding diaryl/α,β-unsaturated/α-hetero) is 1. The number of benzene rings is 1. The average Bonchev–Trinajstić information content (AvgIpc) is 2.55.